The molecule has 0 spiro atoms. The summed E-state index contributed by atoms with van der Waals surface area (Å²) in [6, 6.07) is 6.67. The van der Waals surface area contributed by atoms with Gasteiger partial charge in [-0.1, -0.05) is 0 Å². The summed E-state index contributed by atoms with van der Waals surface area (Å²) in [7, 11) is 0. The maximum absolute atomic E-state index is 13.7. The number of anilines is 1. The monoisotopic (exact) mass is 248 g/mol. The zero-order valence-electron chi connectivity index (χ0n) is 11.0. The van der Waals surface area contributed by atoms with Gasteiger partial charge in [0, 0.05) is 30.9 Å². The van der Waals surface area contributed by atoms with Gasteiger partial charge in [-0.05, 0) is 56.4 Å². The van der Waals surface area contributed by atoms with E-state index < -0.39 is 0 Å². The Labute approximate surface area is 108 Å². The Morgan fingerprint density at radius 2 is 2.11 bits per heavy atom. The minimum Gasteiger partial charge on any atom is -0.369 e. The number of nitrogens with zero attached hydrogens (tertiary/aromatic N) is 1. The molecule has 98 valence electrons. The number of hydrogen-bond acceptors (Lipinski definition) is 2. The summed E-state index contributed by atoms with van der Waals surface area (Å²) < 4.78 is 13.7. The minimum absolute atomic E-state index is 0.112. The van der Waals surface area contributed by atoms with E-state index in [1.807, 2.05) is 0 Å². The second-order valence-corrected chi connectivity index (χ2v) is 5.66. The van der Waals surface area contributed by atoms with Crippen LogP contribution in [0.15, 0.2) is 18.2 Å². The molecule has 2 fully saturated rings. The van der Waals surface area contributed by atoms with Crippen molar-refractivity contribution < 1.29 is 4.39 Å². The quantitative estimate of drug-likeness (QED) is 0.881. The molecule has 1 aliphatic carbocycles. The second kappa shape index (κ2) is 4.88. The lowest BCUT2D eigenvalue weighted by Crippen LogP contribution is -2.26. The van der Waals surface area contributed by atoms with Crippen LogP contribution in [0.25, 0.3) is 0 Å². The molecule has 0 bridgehead atoms. The fraction of sp³-hybridized carbons (Fsp3) is 0.600. The number of benzene rings is 1. The van der Waals surface area contributed by atoms with Crippen molar-refractivity contribution in [2.24, 2.45) is 0 Å². The fourth-order valence-corrected chi connectivity index (χ4v) is 2.77. The fourth-order valence-electron chi connectivity index (χ4n) is 2.77. The average molecular weight is 248 g/mol. The lowest BCUT2D eigenvalue weighted by atomic mass is 10.1. The molecule has 3 rings (SSSR count). The highest BCUT2D eigenvalue weighted by atomic mass is 19.1. The van der Waals surface area contributed by atoms with E-state index in [2.05, 4.69) is 23.2 Å². The van der Waals surface area contributed by atoms with Crippen molar-refractivity contribution in [2.45, 2.75) is 51.2 Å². The van der Waals surface area contributed by atoms with Crippen molar-refractivity contribution in [1.82, 2.24) is 5.32 Å². The van der Waals surface area contributed by atoms with E-state index in [-0.39, 0.29) is 5.82 Å². The second-order valence-electron chi connectivity index (χ2n) is 5.66. The topological polar surface area (TPSA) is 15.3 Å². The molecule has 2 nitrogen and oxygen atoms in total. The third-order valence-electron chi connectivity index (χ3n) is 4.00. The Morgan fingerprint density at radius 1 is 1.28 bits per heavy atom. The van der Waals surface area contributed by atoms with Crippen LogP contribution in [0.3, 0.4) is 0 Å². The molecular weight excluding hydrogens is 227 g/mol. The summed E-state index contributed by atoms with van der Waals surface area (Å²) >= 11 is 0. The van der Waals surface area contributed by atoms with Crippen molar-refractivity contribution in [3.63, 3.8) is 0 Å². The first kappa shape index (κ1) is 12.0. The molecule has 1 heterocycles. The lowest BCUT2D eigenvalue weighted by Gasteiger charge is -2.24. The molecule has 3 heteroatoms. The molecule has 0 radical (unpaired) electrons. The van der Waals surface area contributed by atoms with Crippen molar-refractivity contribution >= 4 is 5.69 Å². The molecule has 0 amide bonds. The maximum Gasteiger partial charge on any atom is 0.125 e. The molecule has 0 aromatic heterocycles. The van der Waals surface area contributed by atoms with Gasteiger partial charge in [-0.25, -0.2) is 4.39 Å². The first-order valence-corrected chi connectivity index (χ1v) is 7.02. The zero-order valence-corrected chi connectivity index (χ0v) is 11.0. The van der Waals surface area contributed by atoms with Crippen LogP contribution < -0.4 is 10.2 Å². The number of rotatable bonds is 4. The van der Waals surface area contributed by atoms with Gasteiger partial charge in [0.05, 0.1) is 0 Å². The Kier molecular flexibility index (Phi) is 3.25. The van der Waals surface area contributed by atoms with Crippen LogP contribution in [0.5, 0.6) is 0 Å². The minimum atomic E-state index is -0.112. The molecule has 1 saturated heterocycles. The average Bonchev–Trinajstić information content (AvgIpc) is 3.07. The number of halogens is 1. The van der Waals surface area contributed by atoms with Crippen molar-refractivity contribution in [2.75, 3.05) is 11.4 Å². The molecular formula is C15H21FN2. The summed E-state index contributed by atoms with van der Waals surface area (Å²) in [5, 5.41) is 3.44. The van der Waals surface area contributed by atoms with Gasteiger partial charge >= 0.3 is 0 Å². The van der Waals surface area contributed by atoms with Gasteiger partial charge in [0.1, 0.15) is 5.82 Å². The van der Waals surface area contributed by atoms with E-state index in [0.717, 1.165) is 24.3 Å². The van der Waals surface area contributed by atoms with Crippen LogP contribution in [0.2, 0.25) is 0 Å². The normalized spacial score (nSPS) is 23.7. The van der Waals surface area contributed by atoms with E-state index >= 15 is 0 Å². The van der Waals surface area contributed by atoms with Crippen molar-refractivity contribution in [3.8, 4) is 0 Å². The van der Waals surface area contributed by atoms with E-state index in [1.165, 1.54) is 25.7 Å². The van der Waals surface area contributed by atoms with Crippen molar-refractivity contribution in [3.05, 3.63) is 29.6 Å². The largest absolute Gasteiger partial charge is 0.369 e. The smallest absolute Gasteiger partial charge is 0.125 e. The van der Waals surface area contributed by atoms with Crippen LogP contribution in [0.1, 0.15) is 38.2 Å². The zero-order chi connectivity index (χ0) is 12.5. The van der Waals surface area contributed by atoms with Crippen LogP contribution in [0.4, 0.5) is 10.1 Å². The third-order valence-corrected chi connectivity index (χ3v) is 4.00. The molecule has 1 aromatic rings. The number of nitrogens with one attached hydrogen (secondary N) is 1. The Morgan fingerprint density at radius 3 is 2.78 bits per heavy atom. The van der Waals surface area contributed by atoms with Gasteiger partial charge in [-0.15, -0.1) is 0 Å². The Balaban J connectivity index is 1.75. The molecule has 18 heavy (non-hydrogen) atoms. The molecule has 1 aromatic carbocycles. The first-order valence-electron chi connectivity index (χ1n) is 7.02. The predicted octanol–water partition coefficient (Wildman–Crippen LogP) is 3.07. The van der Waals surface area contributed by atoms with Gasteiger partial charge in [0.2, 0.25) is 0 Å². The molecule has 1 atom stereocenters. The van der Waals surface area contributed by atoms with Gasteiger partial charge in [-0.2, -0.15) is 0 Å². The maximum atomic E-state index is 13.7. The van der Waals surface area contributed by atoms with Crippen LogP contribution >= 0.6 is 0 Å². The lowest BCUT2D eigenvalue weighted by molar-refractivity contribution is 0.617. The highest BCUT2D eigenvalue weighted by Crippen LogP contribution is 2.27. The molecule has 1 saturated carbocycles. The van der Waals surface area contributed by atoms with Crippen LogP contribution in [0, 0.1) is 5.82 Å². The molecule has 1 unspecified atom stereocenters. The summed E-state index contributed by atoms with van der Waals surface area (Å²) in [4.78, 5) is 2.32. The van der Waals surface area contributed by atoms with Gasteiger partial charge in [-0.3, -0.25) is 0 Å². The van der Waals surface area contributed by atoms with E-state index in [0.29, 0.717) is 12.1 Å². The third kappa shape index (κ3) is 2.66. The van der Waals surface area contributed by atoms with Crippen molar-refractivity contribution in [1.29, 1.82) is 0 Å². The number of hydrogen-bond donors (Lipinski definition) is 1. The molecule has 1 N–H and O–H groups in total. The predicted molar refractivity (Wildman–Crippen MR) is 72.3 cm³/mol. The Bertz CT molecular complexity index is 429. The first-order chi connectivity index (χ1) is 8.72. The van der Waals surface area contributed by atoms with E-state index in [1.54, 1.807) is 12.1 Å². The van der Waals surface area contributed by atoms with Gasteiger partial charge in [0.25, 0.3) is 0 Å². The highest BCUT2D eigenvalue weighted by Gasteiger charge is 2.22. The van der Waals surface area contributed by atoms with Crippen LogP contribution in [-0.2, 0) is 6.54 Å². The summed E-state index contributed by atoms with van der Waals surface area (Å²) in [6.45, 7) is 4.07. The standard InChI is InChI=1S/C15H21FN2/c1-11-3-2-6-18(11)15-8-12(7-13(16)9-15)10-17-14-4-5-14/h7-9,11,14,17H,2-6,10H2,1H3. The summed E-state index contributed by atoms with van der Waals surface area (Å²) in [5.41, 5.74) is 2.11. The van der Waals surface area contributed by atoms with E-state index in [4.69, 9.17) is 0 Å². The van der Waals surface area contributed by atoms with E-state index in [9.17, 15) is 4.39 Å². The molecule has 2 aliphatic rings. The Hall–Kier alpha value is -1.09. The van der Waals surface area contributed by atoms with Gasteiger partial charge in [0.15, 0.2) is 0 Å². The SMILES string of the molecule is CC1CCCN1c1cc(F)cc(CNC2CC2)c1. The molecule has 1 aliphatic heterocycles. The van der Waals surface area contributed by atoms with Crippen LogP contribution in [-0.4, -0.2) is 18.6 Å². The summed E-state index contributed by atoms with van der Waals surface area (Å²) in [6.07, 6.45) is 4.97. The summed E-state index contributed by atoms with van der Waals surface area (Å²) in [5.74, 6) is -0.112. The highest BCUT2D eigenvalue weighted by molar-refractivity contribution is 5.50. The van der Waals surface area contributed by atoms with Gasteiger partial charge < -0.3 is 10.2 Å².